The summed E-state index contributed by atoms with van der Waals surface area (Å²) in [5.41, 5.74) is 1.50. The molecule has 2 rings (SSSR count). The molecule has 1 aliphatic rings. The average Bonchev–Trinajstić information content (AvgIpc) is 2.96. The lowest BCUT2D eigenvalue weighted by Crippen LogP contribution is -2.07. The number of hydrogen-bond donors (Lipinski definition) is 1. The number of hydrogen-bond acceptors (Lipinski definition) is 4. The summed E-state index contributed by atoms with van der Waals surface area (Å²) in [5.74, 6) is 0.849. The van der Waals surface area contributed by atoms with Gasteiger partial charge in [0, 0.05) is 6.61 Å². The monoisotopic (exact) mass is 263 g/mol. The Morgan fingerprint density at radius 3 is 2.84 bits per heavy atom. The van der Waals surface area contributed by atoms with Gasteiger partial charge in [-0.3, -0.25) is 0 Å². The maximum Gasteiger partial charge on any atom is 0.119 e. The zero-order valence-corrected chi connectivity index (χ0v) is 11.3. The molecule has 1 aliphatic heterocycles. The van der Waals surface area contributed by atoms with Crippen LogP contribution in [0.2, 0.25) is 0 Å². The van der Waals surface area contributed by atoms with Crippen LogP contribution in [0.25, 0.3) is 0 Å². The third-order valence-electron chi connectivity index (χ3n) is 3.39. The highest BCUT2D eigenvalue weighted by atomic mass is 16.5. The molecule has 0 aromatic heterocycles. The summed E-state index contributed by atoms with van der Waals surface area (Å²) in [6.07, 6.45) is 4.92. The van der Waals surface area contributed by atoms with E-state index >= 15 is 0 Å². The molecule has 19 heavy (non-hydrogen) atoms. The molecule has 1 fully saturated rings. The molecule has 0 radical (unpaired) electrons. The lowest BCUT2D eigenvalue weighted by Gasteiger charge is -2.10. The van der Waals surface area contributed by atoms with Crippen molar-refractivity contribution in [3.63, 3.8) is 0 Å². The second kappa shape index (κ2) is 7.14. The number of rotatable bonds is 6. The first-order valence-corrected chi connectivity index (χ1v) is 6.83. The SMILES string of the molecule is CC(=NO)c1ccc(OCCCC2CCCO2)cc1. The van der Waals surface area contributed by atoms with Crippen LogP contribution in [0.3, 0.4) is 0 Å². The highest BCUT2D eigenvalue weighted by Crippen LogP contribution is 2.18. The molecule has 4 heteroatoms. The molecule has 0 aliphatic carbocycles. The number of oxime groups is 1. The van der Waals surface area contributed by atoms with Gasteiger partial charge in [-0.05, 0) is 62.4 Å². The summed E-state index contributed by atoms with van der Waals surface area (Å²) in [6.45, 7) is 3.39. The van der Waals surface area contributed by atoms with Crippen molar-refractivity contribution in [1.29, 1.82) is 0 Å². The molecule has 1 aromatic carbocycles. The molecule has 0 bridgehead atoms. The first kappa shape index (κ1) is 13.9. The van der Waals surface area contributed by atoms with Gasteiger partial charge in [0.2, 0.25) is 0 Å². The van der Waals surface area contributed by atoms with Crippen molar-refractivity contribution in [1.82, 2.24) is 0 Å². The van der Waals surface area contributed by atoms with Crippen LogP contribution in [0.1, 0.15) is 38.2 Å². The quantitative estimate of drug-likeness (QED) is 0.371. The van der Waals surface area contributed by atoms with Crippen LogP contribution in [-0.4, -0.2) is 30.2 Å². The Morgan fingerprint density at radius 2 is 2.21 bits per heavy atom. The van der Waals surface area contributed by atoms with Crippen molar-refractivity contribution in [3.8, 4) is 5.75 Å². The Bertz CT molecular complexity index is 408. The fraction of sp³-hybridized carbons (Fsp3) is 0.533. The van der Waals surface area contributed by atoms with E-state index in [9.17, 15) is 0 Å². The number of ether oxygens (including phenoxy) is 2. The number of nitrogens with zero attached hydrogens (tertiary/aromatic N) is 1. The smallest absolute Gasteiger partial charge is 0.119 e. The fourth-order valence-corrected chi connectivity index (χ4v) is 2.22. The lowest BCUT2D eigenvalue weighted by molar-refractivity contribution is 0.0981. The Labute approximate surface area is 114 Å². The molecule has 0 saturated carbocycles. The maximum absolute atomic E-state index is 8.68. The highest BCUT2D eigenvalue weighted by molar-refractivity contribution is 5.98. The second-order valence-electron chi connectivity index (χ2n) is 4.84. The molecule has 104 valence electrons. The summed E-state index contributed by atoms with van der Waals surface area (Å²) < 4.78 is 11.2. The highest BCUT2D eigenvalue weighted by Gasteiger charge is 2.14. The van der Waals surface area contributed by atoms with E-state index in [0.717, 1.165) is 30.8 Å². The van der Waals surface area contributed by atoms with Gasteiger partial charge in [-0.2, -0.15) is 0 Å². The topological polar surface area (TPSA) is 51.1 Å². The minimum Gasteiger partial charge on any atom is -0.494 e. The molecule has 4 nitrogen and oxygen atoms in total. The molecule has 1 unspecified atom stereocenters. The van der Waals surface area contributed by atoms with Gasteiger partial charge in [0.1, 0.15) is 5.75 Å². The Hall–Kier alpha value is -1.55. The summed E-state index contributed by atoms with van der Waals surface area (Å²) in [5, 5.41) is 11.8. The van der Waals surface area contributed by atoms with Gasteiger partial charge in [0.15, 0.2) is 0 Å². The van der Waals surface area contributed by atoms with Crippen LogP contribution in [0.15, 0.2) is 29.4 Å². The van der Waals surface area contributed by atoms with Crippen LogP contribution >= 0.6 is 0 Å². The fourth-order valence-electron chi connectivity index (χ4n) is 2.22. The largest absolute Gasteiger partial charge is 0.494 e. The normalized spacial score (nSPS) is 19.6. The van der Waals surface area contributed by atoms with Gasteiger partial charge in [0.05, 0.1) is 18.4 Å². The molecule has 1 N–H and O–H groups in total. The van der Waals surface area contributed by atoms with Crippen molar-refractivity contribution >= 4 is 5.71 Å². The molecule has 1 saturated heterocycles. The first-order chi connectivity index (χ1) is 9.29. The van der Waals surface area contributed by atoms with Crippen LogP contribution < -0.4 is 4.74 Å². The van der Waals surface area contributed by atoms with Gasteiger partial charge >= 0.3 is 0 Å². The van der Waals surface area contributed by atoms with E-state index in [0.29, 0.717) is 18.4 Å². The number of benzene rings is 1. The van der Waals surface area contributed by atoms with Crippen molar-refractivity contribution in [3.05, 3.63) is 29.8 Å². The van der Waals surface area contributed by atoms with Gasteiger partial charge in [-0.1, -0.05) is 5.16 Å². The summed E-state index contributed by atoms with van der Waals surface area (Å²) in [4.78, 5) is 0. The minimum absolute atomic E-state index is 0.439. The molecular formula is C15H21NO3. The van der Waals surface area contributed by atoms with Crippen LogP contribution in [0, 0.1) is 0 Å². The van der Waals surface area contributed by atoms with Crippen molar-refractivity contribution < 1.29 is 14.7 Å². The third kappa shape index (κ3) is 4.24. The van der Waals surface area contributed by atoms with Gasteiger partial charge in [-0.15, -0.1) is 0 Å². The summed E-state index contributed by atoms with van der Waals surface area (Å²) >= 11 is 0. The Kier molecular flexibility index (Phi) is 5.21. The third-order valence-corrected chi connectivity index (χ3v) is 3.39. The average molecular weight is 263 g/mol. The summed E-state index contributed by atoms with van der Waals surface area (Å²) in [7, 11) is 0. The predicted octanol–water partition coefficient (Wildman–Crippen LogP) is 3.22. The molecule has 1 aromatic rings. The van der Waals surface area contributed by atoms with Crippen molar-refractivity contribution in [2.45, 2.75) is 38.7 Å². The van der Waals surface area contributed by atoms with Gasteiger partial charge in [-0.25, -0.2) is 0 Å². The van der Waals surface area contributed by atoms with E-state index in [4.69, 9.17) is 14.7 Å². The molecular weight excluding hydrogens is 242 g/mol. The molecule has 0 spiro atoms. The van der Waals surface area contributed by atoms with Crippen molar-refractivity contribution in [2.75, 3.05) is 13.2 Å². The molecule has 1 atom stereocenters. The van der Waals surface area contributed by atoms with Gasteiger partial charge < -0.3 is 14.7 Å². The summed E-state index contributed by atoms with van der Waals surface area (Å²) in [6, 6.07) is 7.58. The van der Waals surface area contributed by atoms with E-state index < -0.39 is 0 Å². The van der Waals surface area contributed by atoms with Crippen molar-refractivity contribution in [2.24, 2.45) is 5.16 Å². The van der Waals surface area contributed by atoms with E-state index in [2.05, 4.69) is 5.16 Å². The van der Waals surface area contributed by atoms with E-state index in [1.165, 1.54) is 12.8 Å². The minimum atomic E-state index is 0.439. The zero-order valence-electron chi connectivity index (χ0n) is 11.3. The Morgan fingerprint density at radius 1 is 1.42 bits per heavy atom. The van der Waals surface area contributed by atoms with Gasteiger partial charge in [0.25, 0.3) is 0 Å². The van der Waals surface area contributed by atoms with E-state index in [-0.39, 0.29) is 0 Å². The molecule has 0 amide bonds. The van der Waals surface area contributed by atoms with Crippen LogP contribution in [0.5, 0.6) is 5.75 Å². The first-order valence-electron chi connectivity index (χ1n) is 6.83. The second-order valence-corrected chi connectivity index (χ2v) is 4.84. The van der Waals surface area contributed by atoms with E-state index in [1.54, 1.807) is 6.92 Å². The standard InChI is InChI=1S/C15H21NO3/c1-12(16-17)13-6-8-15(9-7-13)19-11-3-5-14-4-2-10-18-14/h6-9,14,17H,2-5,10-11H2,1H3. The van der Waals surface area contributed by atoms with Crippen LogP contribution in [-0.2, 0) is 4.74 Å². The van der Waals surface area contributed by atoms with E-state index in [1.807, 2.05) is 24.3 Å². The predicted molar refractivity (Wildman–Crippen MR) is 74.1 cm³/mol. The lowest BCUT2D eigenvalue weighted by atomic mass is 10.1. The van der Waals surface area contributed by atoms with Crippen LogP contribution in [0.4, 0.5) is 0 Å². The Balaban J connectivity index is 1.70. The maximum atomic E-state index is 8.68. The molecule has 1 heterocycles. The zero-order chi connectivity index (χ0) is 13.5.